The summed E-state index contributed by atoms with van der Waals surface area (Å²) in [6, 6.07) is 0.0303. The Balaban J connectivity index is 2.44. The SMILES string of the molecule is CCCC1NC(C(C)C)C(=O)N1CCCCCSC. The molecule has 0 saturated carbocycles. The predicted molar refractivity (Wildman–Crippen MR) is 84.4 cm³/mol. The maximum absolute atomic E-state index is 12.4. The molecule has 2 atom stereocenters. The topological polar surface area (TPSA) is 32.3 Å². The normalized spacial score (nSPS) is 23.6. The Kier molecular flexibility index (Phi) is 7.84. The first-order valence-corrected chi connectivity index (χ1v) is 9.06. The van der Waals surface area contributed by atoms with Crippen LogP contribution in [-0.2, 0) is 4.79 Å². The third kappa shape index (κ3) is 4.99. The van der Waals surface area contributed by atoms with E-state index in [1.165, 1.54) is 18.6 Å². The number of hydrogen-bond acceptors (Lipinski definition) is 3. The van der Waals surface area contributed by atoms with Crippen LogP contribution in [0, 0.1) is 5.92 Å². The van der Waals surface area contributed by atoms with E-state index in [4.69, 9.17) is 0 Å². The zero-order valence-corrected chi connectivity index (χ0v) is 13.8. The molecule has 1 saturated heterocycles. The van der Waals surface area contributed by atoms with E-state index in [0.717, 1.165) is 25.8 Å². The zero-order valence-electron chi connectivity index (χ0n) is 12.9. The highest BCUT2D eigenvalue weighted by Crippen LogP contribution is 2.20. The molecule has 112 valence electrons. The quantitative estimate of drug-likeness (QED) is 0.661. The largest absolute Gasteiger partial charge is 0.326 e. The fourth-order valence-electron chi connectivity index (χ4n) is 2.66. The summed E-state index contributed by atoms with van der Waals surface area (Å²) >= 11 is 1.90. The maximum Gasteiger partial charge on any atom is 0.241 e. The van der Waals surface area contributed by atoms with Gasteiger partial charge in [-0.05, 0) is 37.2 Å². The lowest BCUT2D eigenvalue weighted by Gasteiger charge is -2.23. The van der Waals surface area contributed by atoms with Gasteiger partial charge in [0.1, 0.15) is 0 Å². The van der Waals surface area contributed by atoms with Gasteiger partial charge in [0.05, 0.1) is 12.2 Å². The van der Waals surface area contributed by atoms with E-state index in [1.54, 1.807) is 0 Å². The second-order valence-corrected chi connectivity index (χ2v) is 6.76. The minimum Gasteiger partial charge on any atom is -0.326 e. The first-order chi connectivity index (χ1) is 9.11. The van der Waals surface area contributed by atoms with Crippen LogP contribution in [0.25, 0.3) is 0 Å². The van der Waals surface area contributed by atoms with E-state index in [1.807, 2.05) is 11.8 Å². The minimum absolute atomic E-state index is 0.0303. The molecule has 2 unspecified atom stereocenters. The van der Waals surface area contributed by atoms with E-state index in [0.29, 0.717) is 11.8 Å². The Labute approximate surface area is 122 Å². The predicted octanol–water partition coefficient (Wildman–Crippen LogP) is 3.10. The third-order valence-corrected chi connectivity index (χ3v) is 4.47. The smallest absolute Gasteiger partial charge is 0.241 e. The molecule has 1 rings (SSSR count). The van der Waals surface area contributed by atoms with Crippen molar-refractivity contribution < 1.29 is 4.79 Å². The van der Waals surface area contributed by atoms with E-state index in [9.17, 15) is 4.79 Å². The van der Waals surface area contributed by atoms with Crippen LogP contribution in [0.3, 0.4) is 0 Å². The molecule has 3 nitrogen and oxygen atoms in total. The van der Waals surface area contributed by atoms with Crippen molar-refractivity contribution in [1.29, 1.82) is 0 Å². The summed E-state index contributed by atoms with van der Waals surface area (Å²) in [4.78, 5) is 14.5. The van der Waals surface area contributed by atoms with Gasteiger partial charge in [0.15, 0.2) is 0 Å². The summed E-state index contributed by atoms with van der Waals surface area (Å²) in [6.45, 7) is 7.36. The van der Waals surface area contributed by atoms with Gasteiger partial charge in [-0.3, -0.25) is 10.1 Å². The van der Waals surface area contributed by atoms with Crippen LogP contribution >= 0.6 is 11.8 Å². The van der Waals surface area contributed by atoms with Crippen LogP contribution in [0.1, 0.15) is 52.9 Å². The van der Waals surface area contributed by atoms with Gasteiger partial charge < -0.3 is 4.90 Å². The Morgan fingerprint density at radius 3 is 2.63 bits per heavy atom. The van der Waals surface area contributed by atoms with Crippen LogP contribution in [0.4, 0.5) is 0 Å². The highest BCUT2D eigenvalue weighted by Gasteiger charge is 2.39. The first kappa shape index (κ1) is 16.8. The number of unbranched alkanes of at least 4 members (excludes halogenated alkanes) is 2. The van der Waals surface area contributed by atoms with Crippen molar-refractivity contribution in [2.75, 3.05) is 18.6 Å². The molecule has 0 aromatic rings. The molecule has 19 heavy (non-hydrogen) atoms. The standard InChI is InChI=1S/C15H30N2OS/c1-5-9-13-16-14(12(2)3)15(18)17(13)10-7-6-8-11-19-4/h12-14,16H,5-11H2,1-4H3. The van der Waals surface area contributed by atoms with Crippen molar-refractivity contribution in [1.82, 2.24) is 10.2 Å². The number of amides is 1. The number of carbonyl (C=O) groups is 1. The first-order valence-electron chi connectivity index (χ1n) is 7.67. The summed E-state index contributed by atoms with van der Waals surface area (Å²) < 4.78 is 0. The second-order valence-electron chi connectivity index (χ2n) is 5.78. The molecule has 1 N–H and O–H groups in total. The van der Waals surface area contributed by atoms with Crippen molar-refractivity contribution >= 4 is 17.7 Å². The fourth-order valence-corrected chi connectivity index (χ4v) is 3.16. The van der Waals surface area contributed by atoms with Crippen LogP contribution in [0.15, 0.2) is 0 Å². The second kappa shape index (κ2) is 8.85. The van der Waals surface area contributed by atoms with Gasteiger partial charge in [-0.15, -0.1) is 0 Å². The van der Waals surface area contributed by atoms with Gasteiger partial charge >= 0.3 is 0 Å². The van der Waals surface area contributed by atoms with Crippen LogP contribution in [0.5, 0.6) is 0 Å². The minimum atomic E-state index is 0.0303. The summed E-state index contributed by atoms with van der Waals surface area (Å²) in [5.74, 6) is 1.94. The van der Waals surface area contributed by atoms with Gasteiger partial charge in [-0.2, -0.15) is 11.8 Å². The fraction of sp³-hybridized carbons (Fsp3) is 0.933. The number of nitrogens with one attached hydrogen (secondary N) is 1. The summed E-state index contributed by atoms with van der Waals surface area (Å²) in [7, 11) is 0. The lowest BCUT2D eigenvalue weighted by molar-refractivity contribution is -0.130. The Bertz CT molecular complexity index is 271. The van der Waals surface area contributed by atoms with E-state index >= 15 is 0 Å². The molecule has 1 amide bonds. The highest BCUT2D eigenvalue weighted by atomic mass is 32.2. The molecule has 0 spiro atoms. The van der Waals surface area contributed by atoms with Crippen LogP contribution in [0.2, 0.25) is 0 Å². The monoisotopic (exact) mass is 286 g/mol. The van der Waals surface area contributed by atoms with E-state index in [2.05, 4.69) is 37.2 Å². The summed E-state index contributed by atoms with van der Waals surface area (Å²) in [5, 5.41) is 3.52. The average Bonchev–Trinajstić information content (AvgIpc) is 2.67. The molecule has 0 aromatic heterocycles. The third-order valence-electron chi connectivity index (χ3n) is 3.77. The molecular weight excluding hydrogens is 256 g/mol. The van der Waals surface area contributed by atoms with Crippen molar-refractivity contribution in [3.05, 3.63) is 0 Å². The molecule has 1 aliphatic heterocycles. The van der Waals surface area contributed by atoms with Crippen LogP contribution in [-0.4, -0.2) is 41.6 Å². The van der Waals surface area contributed by atoms with Gasteiger partial charge in [0, 0.05) is 6.54 Å². The van der Waals surface area contributed by atoms with Crippen LogP contribution < -0.4 is 5.32 Å². The van der Waals surface area contributed by atoms with Crippen molar-refractivity contribution in [3.8, 4) is 0 Å². The van der Waals surface area contributed by atoms with Crippen molar-refractivity contribution in [2.45, 2.75) is 65.1 Å². The molecule has 0 aromatic carbocycles. The molecule has 4 heteroatoms. The van der Waals surface area contributed by atoms with E-state index < -0.39 is 0 Å². The Hall–Kier alpha value is -0.220. The number of hydrogen-bond donors (Lipinski definition) is 1. The molecule has 1 fully saturated rings. The van der Waals surface area contributed by atoms with Crippen molar-refractivity contribution in [3.63, 3.8) is 0 Å². The average molecular weight is 286 g/mol. The lowest BCUT2D eigenvalue weighted by atomic mass is 10.1. The number of carbonyl (C=O) groups excluding carboxylic acids is 1. The molecular formula is C15H30N2OS. The zero-order chi connectivity index (χ0) is 14.3. The van der Waals surface area contributed by atoms with Crippen molar-refractivity contribution in [2.24, 2.45) is 5.92 Å². The van der Waals surface area contributed by atoms with Gasteiger partial charge in [0.25, 0.3) is 0 Å². The lowest BCUT2D eigenvalue weighted by Crippen LogP contribution is -2.38. The number of rotatable bonds is 9. The van der Waals surface area contributed by atoms with Gasteiger partial charge in [0.2, 0.25) is 5.91 Å². The maximum atomic E-state index is 12.4. The molecule has 0 radical (unpaired) electrons. The number of nitrogens with zero attached hydrogens (tertiary/aromatic N) is 1. The summed E-state index contributed by atoms with van der Waals surface area (Å²) in [5.41, 5.74) is 0. The van der Waals surface area contributed by atoms with Gasteiger partial charge in [-0.1, -0.05) is 33.6 Å². The Morgan fingerprint density at radius 1 is 1.32 bits per heavy atom. The van der Waals surface area contributed by atoms with Gasteiger partial charge in [-0.25, -0.2) is 0 Å². The molecule has 1 aliphatic rings. The number of thioether (sulfide) groups is 1. The molecule has 0 bridgehead atoms. The Morgan fingerprint density at radius 2 is 2.05 bits per heavy atom. The highest BCUT2D eigenvalue weighted by molar-refractivity contribution is 7.98. The van der Waals surface area contributed by atoms with E-state index in [-0.39, 0.29) is 12.2 Å². The molecule has 1 heterocycles. The summed E-state index contributed by atoms with van der Waals surface area (Å²) in [6.07, 6.45) is 8.25. The molecule has 0 aliphatic carbocycles.